The Hall–Kier alpha value is -2.73. The van der Waals surface area contributed by atoms with Gasteiger partial charge in [0.05, 0.1) is 10.2 Å². The van der Waals surface area contributed by atoms with Crippen LogP contribution in [0.5, 0.6) is 0 Å². The molecule has 0 spiro atoms. The molecule has 1 amide bonds. The smallest absolute Gasteiger partial charge is 0.331 e. The third-order valence-electron chi connectivity index (χ3n) is 3.06. The predicted molar refractivity (Wildman–Crippen MR) is 96.6 cm³/mol. The number of nitrogens with zero attached hydrogens (tertiary/aromatic N) is 2. The van der Waals surface area contributed by atoms with Gasteiger partial charge in [-0.1, -0.05) is 24.3 Å². The van der Waals surface area contributed by atoms with Gasteiger partial charge in [-0.05, 0) is 18.2 Å². The standard InChI is InChI=1S/C18H18N2O3S/c1-3-11-20(12-4-2)17(21)13-23-18(22)10-9-16-19-14-7-5-6-8-15(14)24-16/h3-10H,1-2,11-13H2/b10-9+. The Labute approximate surface area is 144 Å². The van der Waals surface area contributed by atoms with Crippen molar-refractivity contribution in [2.45, 2.75) is 0 Å². The summed E-state index contributed by atoms with van der Waals surface area (Å²) in [5.41, 5.74) is 0.884. The Bertz CT molecular complexity index is 736. The zero-order chi connectivity index (χ0) is 17.4. The highest BCUT2D eigenvalue weighted by molar-refractivity contribution is 7.19. The average Bonchev–Trinajstić information content (AvgIpc) is 3.00. The normalized spacial score (nSPS) is 10.7. The number of hydrogen-bond donors (Lipinski definition) is 0. The van der Waals surface area contributed by atoms with E-state index in [0.717, 1.165) is 10.2 Å². The molecule has 124 valence electrons. The predicted octanol–water partition coefficient (Wildman–Crippen LogP) is 3.05. The molecule has 0 saturated heterocycles. The van der Waals surface area contributed by atoms with E-state index in [4.69, 9.17) is 4.74 Å². The van der Waals surface area contributed by atoms with E-state index in [-0.39, 0.29) is 12.5 Å². The van der Waals surface area contributed by atoms with Crippen LogP contribution < -0.4 is 0 Å². The molecule has 0 unspecified atom stereocenters. The highest BCUT2D eigenvalue weighted by Gasteiger charge is 2.12. The lowest BCUT2D eigenvalue weighted by molar-refractivity contribution is -0.147. The maximum atomic E-state index is 11.9. The Balaban J connectivity index is 1.89. The number of carbonyl (C=O) groups is 2. The first-order chi connectivity index (χ1) is 11.6. The molecule has 0 N–H and O–H groups in total. The summed E-state index contributed by atoms with van der Waals surface area (Å²) in [5, 5.41) is 0.708. The zero-order valence-electron chi connectivity index (χ0n) is 13.2. The first-order valence-electron chi connectivity index (χ1n) is 7.34. The number of fused-ring (bicyclic) bond motifs is 1. The largest absolute Gasteiger partial charge is 0.452 e. The Morgan fingerprint density at radius 1 is 1.21 bits per heavy atom. The first-order valence-corrected chi connectivity index (χ1v) is 8.15. The van der Waals surface area contributed by atoms with Crippen molar-refractivity contribution < 1.29 is 14.3 Å². The van der Waals surface area contributed by atoms with Gasteiger partial charge in [0.25, 0.3) is 5.91 Å². The van der Waals surface area contributed by atoms with Gasteiger partial charge in [-0.2, -0.15) is 0 Å². The molecule has 0 fully saturated rings. The van der Waals surface area contributed by atoms with Crippen LogP contribution in [0.1, 0.15) is 5.01 Å². The van der Waals surface area contributed by atoms with Crippen molar-refractivity contribution in [3.05, 3.63) is 60.7 Å². The number of thiazole rings is 1. The monoisotopic (exact) mass is 342 g/mol. The van der Waals surface area contributed by atoms with Crippen molar-refractivity contribution in [1.82, 2.24) is 9.88 Å². The molecule has 2 rings (SSSR count). The number of ether oxygens (including phenoxy) is 1. The quantitative estimate of drug-likeness (QED) is 0.420. The number of aromatic nitrogens is 1. The minimum Gasteiger partial charge on any atom is -0.452 e. The third kappa shape index (κ3) is 4.89. The van der Waals surface area contributed by atoms with Gasteiger partial charge in [0, 0.05) is 19.2 Å². The third-order valence-corrected chi connectivity index (χ3v) is 4.06. The van der Waals surface area contributed by atoms with E-state index < -0.39 is 5.97 Å². The van der Waals surface area contributed by atoms with Crippen molar-refractivity contribution in [2.75, 3.05) is 19.7 Å². The molecule has 0 saturated carbocycles. The summed E-state index contributed by atoms with van der Waals surface area (Å²) in [6.45, 7) is 7.62. The molecule has 0 aliphatic rings. The minimum absolute atomic E-state index is 0.295. The number of para-hydroxylation sites is 1. The molecular weight excluding hydrogens is 324 g/mol. The van der Waals surface area contributed by atoms with Crippen LogP contribution >= 0.6 is 11.3 Å². The fourth-order valence-electron chi connectivity index (χ4n) is 1.96. The molecule has 24 heavy (non-hydrogen) atoms. The molecule has 2 aromatic rings. The van der Waals surface area contributed by atoms with Gasteiger partial charge in [-0.25, -0.2) is 9.78 Å². The summed E-state index contributed by atoms with van der Waals surface area (Å²) in [6.07, 6.45) is 6.07. The second kappa shape index (κ2) is 8.79. The zero-order valence-corrected chi connectivity index (χ0v) is 14.0. The van der Waals surface area contributed by atoms with Gasteiger partial charge in [0.1, 0.15) is 5.01 Å². The summed E-state index contributed by atoms with van der Waals surface area (Å²) in [5.74, 6) is -0.878. The molecule has 5 nitrogen and oxygen atoms in total. The highest BCUT2D eigenvalue weighted by Crippen LogP contribution is 2.22. The first kappa shape index (κ1) is 17.6. The van der Waals surface area contributed by atoms with Crippen LogP contribution in [0, 0.1) is 0 Å². The molecule has 1 heterocycles. The summed E-state index contributed by atoms with van der Waals surface area (Å²) in [4.78, 5) is 29.5. The van der Waals surface area contributed by atoms with Crippen LogP contribution in [0.2, 0.25) is 0 Å². The van der Waals surface area contributed by atoms with Gasteiger partial charge >= 0.3 is 5.97 Å². The Morgan fingerprint density at radius 3 is 2.58 bits per heavy atom. The van der Waals surface area contributed by atoms with Crippen LogP contribution in [0.15, 0.2) is 55.7 Å². The number of esters is 1. The number of rotatable bonds is 8. The second-order valence-electron chi connectivity index (χ2n) is 4.84. The molecule has 0 radical (unpaired) electrons. The van der Waals surface area contributed by atoms with Crippen molar-refractivity contribution >= 4 is 39.5 Å². The van der Waals surface area contributed by atoms with Gasteiger partial charge in [0.2, 0.25) is 0 Å². The van der Waals surface area contributed by atoms with Crippen molar-refractivity contribution in [3.8, 4) is 0 Å². The highest BCUT2D eigenvalue weighted by atomic mass is 32.1. The topological polar surface area (TPSA) is 59.5 Å². The number of carbonyl (C=O) groups excluding carboxylic acids is 2. The molecule has 1 aromatic carbocycles. The summed E-state index contributed by atoms with van der Waals surface area (Å²) < 4.78 is 6.01. The summed E-state index contributed by atoms with van der Waals surface area (Å²) >= 11 is 1.48. The molecule has 1 aromatic heterocycles. The SMILES string of the molecule is C=CCN(CC=C)C(=O)COC(=O)/C=C/c1nc2ccccc2s1. The molecular formula is C18H18N2O3S. The lowest BCUT2D eigenvalue weighted by Crippen LogP contribution is -2.34. The Morgan fingerprint density at radius 2 is 1.92 bits per heavy atom. The van der Waals surface area contributed by atoms with Gasteiger partial charge in [0.15, 0.2) is 6.61 Å². The van der Waals surface area contributed by atoms with Crippen LogP contribution in [0.3, 0.4) is 0 Å². The van der Waals surface area contributed by atoms with Crippen molar-refractivity contribution in [3.63, 3.8) is 0 Å². The van der Waals surface area contributed by atoms with Crippen molar-refractivity contribution in [2.24, 2.45) is 0 Å². The van der Waals surface area contributed by atoms with Crippen LogP contribution in [0.4, 0.5) is 0 Å². The summed E-state index contributed by atoms with van der Waals surface area (Å²) in [7, 11) is 0. The van der Waals surface area contributed by atoms with E-state index in [1.807, 2.05) is 24.3 Å². The van der Waals surface area contributed by atoms with Crippen LogP contribution in [0.25, 0.3) is 16.3 Å². The lowest BCUT2D eigenvalue weighted by atomic mass is 10.3. The van der Waals surface area contributed by atoms with E-state index in [1.54, 1.807) is 18.2 Å². The van der Waals surface area contributed by atoms with Crippen molar-refractivity contribution in [1.29, 1.82) is 0 Å². The van der Waals surface area contributed by atoms with E-state index >= 15 is 0 Å². The fraction of sp³-hybridized carbons (Fsp3) is 0.167. The van der Waals surface area contributed by atoms with E-state index in [2.05, 4.69) is 18.1 Å². The Kier molecular flexibility index (Phi) is 6.45. The summed E-state index contributed by atoms with van der Waals surface area (Å²) in [6, 6.07) is 7.73. The molecule has 0 atom stereocenters. The number of benzene rings is 1. The minimum atomic E-state index is -0.584. The average molecular weight is 342 g/mol. The molecule has 6 heteroatoms. The second-order valence-corrected chi connectivity index (χ2v) is 5.90. The number of amides is 1. The fourth-order valence-corrected chi connectivity index (χ4v) is 2.83. The molecule has 0 aliphatic carbocycles. The van der Waals surface area contributed by atoms with E-state index in [1.165, 1.54) is 22.3 Å². The lowest BCUT2D eigenvalue weighted by Gasteiger charge is -2.18. The van der Waals surface area contributed by atoms with Crippen LogP contribution in [-0.2, 0) is 14.3 Å². The van der Waals surface area contributed by atoms with Gasteiger partial charge in [-0.15, -0.1) is 24.5 Å². The van der Waals surface area contributed by atoms with E-state index in [9.17, 15) is 9.59 Å². The van der Waals surface area contributed by atoms with Gasteiger partial charge in [-0.3, -0.25) is 4.79 Å². The van der Waals surface area contributed by atoms with Crippen LogP contribution in [-0.4, -0.2) is 41.5 Å². The van der Waals surface area contributed by atoms with E-state index in [0.29, 0.717) is 18.1 Å². The molecule has 0 aliphatic heterocycles. The molecule has 0 bridgehead atoms. The van der Waals surface area contributed by atoms with Gasteiger partial charge < -0.3 is 9.64 Å². The number of hydrogen-bond acceptors (Lipinski definition) is 5. The maximum absolute atomic E-state index is 11.9. The maximum Gasteiger partial charge on any atom is 0.331 e.